The average molecular weight is 212 g/mol. The SMILES string of the molecule is C.C.C.C.CN(C)C.[Y]. The predicted octanol–water partition coefficient (Wildman–Crippen LogP) is 2.72. The molecule has 0 spiro atoms. The van der Waals surface area contributed by atoms with Crippen LogP contribution in [0.2, 0.25) is 0 Å². The molecule has 0 bridgehead atoms. The van der Waals surface area contributed by atoms with Gasteiger partial charge in [-0.1, -0.05) is 29.7 Å². The fourth-order valence-corrected chi connectivity index (χ4v) is 0. The van der Waals surface area contributed by atoms with Crippen LogP contribution >= 0.6 is 0 Å². The summed E-state index contributed by atoms with van der Waals surface area (Å²) in [5.41, 5.74) is 0. The van der Waals surface area contributed by atoms with Gasteiger partial charge in [-0.25, -0.2) is 0 Å². The van der Waals surface area contributed by atoms with Crippen LogP contribution in [0.5, 0.6) is 0 Å². The van der Waals surface area contributed by atoms with Gasteiger partial charge in [-0.2, -0.15) is 0 Å². The quantitative estimate of drug-likeness (QED) is 0.596. The molecule has 0 aromatic rings. The van der Waals surface area contributed by atoms with Crippen molar-refractivity contribution >= 4 is 0 Å². The summed E-state index contributed by atoms with van der Waals surface area (Å²) in [6, 6.07) is 0. The van der Waals surface area contributed by atoms with Gasteiger partial charge in [0, 0.05) is 32.7 Å². The van der Waals surface area contributed by atoms with Crippen molar-refractivity contribution in [1.29, 1.82) is 0 Å². The Morgan fingerprint density at radius 2 is 0.667 bits per heavy atom. The van der Waals surface area contributed by atoms with Crippen LogP contribution in [0.25, 0.3) is 0 Å². The van der Waals surface area contributed by atoms with Gasteiger partial charge in [0.1, 0.15) is 0 Å². The summed E-state index contributed by atoms with van der Waals surface area (Å²) in [6.07, 6.45) is 0. The summed E-state index contributed by atoms with van der Waals surface area (Å²) in [5, 5.41) is 0. The first-order valence-corrected chi connectivity index (χ1v) is 1.34. The van der Waals surface area contributed by atoms with Gasteiger partial charge in [0.25, 0.3) is 0 Å². The molecule has 1 nitrogen and oxygen atoms in total. The topological polar surface area (TPSA) is 3.24 Å². The third-order valence-electron chi connectivity index (χ3n) is 0. The molecule has 61 valence electrons. The Bertz CT molecular complexity index is 13.6. The molecule has 0 saturated heterocycles. The van der Waals surface area contributed by atoms with Gasteiger partial charge in [0.15, 0.2) is 0 Å². The Hall–Kier alpha value is 1.06. The Morgan fingerprint density at radius 3 is 0.667 bits per heavy atom. The minimum Gasteiger partial charge on any atom is -0.312 e. The second kappa shape index (κ2) is 35.7. The van der Waals surface area contributed by atoms with Crippen molar-refractivity contribution < 1.29 is 32.7 Å². The van der Waals surface area contributed by atoms with Gasteiger partial charge in [-0.05, 0) is 21.1 Å². The van der Waals surface area contributed by atoms with Crippen LogP contribution in [0.4, 0.5) is 0 Å². The summed E-state index contributed by atoms with van der Waals surface area (Å²) in [6.45, 7) is 0. The molecule has 2 heteroatoms. The van der Waals surface area contributed by atoms with Crippen LogP contribution in [-0.2, 0) is 32.7 Å². The van der Waals surface area contributed by atoms with Crippen molar-refractivity contribution in [3.05, 3.63) is 0 Å². The van der Waals surface area contributed by atoms with Crippen LogP contribution in [0.15, 0.2) is 0 Å². The van der Waals surface area contributed by atoms with Crippen molar-refractivity contribution in [1.82, 2.24) is 4.90 Å². The molecular weight excluding hydrogens is 187 g/mol. The molecule has 0 aromatic heterocycles. The molecule has 9 heavy (non-hydrogen) atoms. The van der Waals surface area contributed by atoms with E-state index < -0.39 is 0 Å². The van der Waals surface area contributed by atoms with Gasteiger partial charge in [-0.15, -0.1) is 0 Å². The molecule has 0 aliphatic rings. The molecule has 0 atom stereocenters. The fourth-order valence-electron chi connectivity index (χ4n) is 0. The molecular formula is C7H25NY. The summed E-state index contributed by atoms with van der Waals surface area (Å²) >= 11 is 0. The Labute approximate surface area is 88.1 Å². The zero-order chi connectivity index (χ0) is 3.58. The number of nitrogens with zero attached hydrogens (tertiary/aromatic N) is 1. The van der Waals surface area contributed by atoms with E-state index in [4.69, 9.17) is 0 Å². The molecule has 0 heterocycles. The van der Waals surface area contributed by atoms with E-state index in [0.29, 0.717) is 0 Å². The van der Waals surface area contributed by atoms with Crippen molar-refractivity contribution in [2.24, 2.45) is 0 Å². The maximum absolute atomic E-state index is 2.00. The van der Waals surface area contributed by atoms with Gasteiger partial charge in [0.05, 0.1) is 0 Å². The van der Waals surface area contributed by atoms with Crippen LogP contribution < -0.4 is 0 Å². The van der Waals surface area contributed by atoms with Gasteiger partial charge >= 0.3 is 0 Å². The van der Waals surface area contributed by atoms with Crippen LogP contribution in [0.1, 0.15) is 29.7 Å². The zero-order valence-electron chi connectivity index (χ0n) is 4.02. The second-order valence-corrected chi connectivity index (χ2v) is 1.34. The summed E-state index contributed by atoms with van der Waals surface area (Å²) in [4.78, 5) is 2.00. The van der Waals surface area contributed by atoms with Crippen LogP contribution in [0.3, 0.4) is 0 Å². The van der Waals surface area contributed by atoms with E-state index in [1.807, 2.05) is 26.0 Å². The van der Waals surface area contributed by atoms with E-state index in [9.17, 15) is 0 Å². The number of hydrogen-bond acceptors (Lipinski definition) is 1. The van der Waals surface area contributed by atoms with Gasteiger partial charge in [-0.3, -0.25) is 0 Å². The molecule has 0 fully saturated rings. The van der Waals surface area contributed by atoms with E-state index in [0.717, 1.165) is 0 Å². The van der Waals surface area contributed by atoms with E-state index >= 15 is 0 Å². The van der Waals surface area contributed by atoms with Crippen molar-refractivity contribution in [3.8, 4) is 0 Å². The molecule has 0 N–H and O–H groups in total. The van der Waals surface area contributed by atoms with E-state index in [-0.39, 0.29) is 62.4 Å². The van der Waals surface area contributed by atoms with Gasteiger partial charge in [0.2, 0.25) is 0 Å². The third-order valence-corrected chi connectivity index (χ3v) is 0. The second-order valence-electron chi connectivity index (χ2n) is 1.34. The minimum absolute atomic E-state index is 0. The largest absolute Gasteiger partial charge is 0.312 e. The first-order chi connectivity index (χ1) is 1.73. The fraction of sp³-hybridized carbons (Fsp3) is 1.00. The molecule has 0 rings (SSSR count). The van der Waals surface area contributed by atoms with E-state index in [1.54, 1.807) is 0 Å². The maximum atomic E-state index is 2.00. The average Bonchev–Trinajstić information content (AvgIpc) is 0.811. The molecule has 1 radical (unpaired) electrons. The molecule has 0 saturated carbocycles. The van der Waals surface area contributed by atoms with Gasteiger partial charge < -0.3 is 4.90 Å². The number of rotatable bonds is 0. The van der Waals surface area contributed by atoms with Crippen molar-refractivity contribution in [2.45, 2.75) is 29.7 Å². The Balaban J connectivity index is -0.00000000450. The normalized spacial score (nSPS) is 4.00. The summed E-state index contributed by atoms with van der Waals surface area (Å²) in [5.74, 6) is 0. The zero-order valence-corrected chi connectivity index (χ0v) is 6.86. The van der Waals surface area contributed by atoms with E-state index in [2.05, 4.69) is 0 Å². The van der Waals surface area contributed by atoms with E-state index in [1.165, 1.54) is 0 Å². The molecule has 0 aliphatic carbocycles. The van der Waals surface area contributed by atoms with Crippen molar-refractivity contribution in [3.63, 3.8) is 0 Å². The molecule has 0 aliphatic heterocycles. The summed E-state index contributed by atoms with van der Waals surface area (Å²) < 4.78 is 0. The minimum atomic E-state index is 0. The first-order valence-electron chi connectivity index (χ1n) is 1.34. The van der Waals surface area contributed by atoms with Crippen molar-refractivity contribution in [2.75, 3.05) is 21.1 Å². The van der Waals surface area contributed by atoms with Crippen LogP contribution in [0, 0.1) is 0 Å². The predicted molar refractivity (Wildman–Crippen MR) is 46.5 cm³/mol. The molecule has 0 aromatic carbocycles. The molecule has 0 amide bonds. The Kier molecular flexibility index (Phi) is 199. The molecule has 0 unspecified atom stereocenters. The maximum Gasteiger partial charge on any atom is 0 e. The summed E-state index contributed by atoms with van der Waals surface area (Å²) in [7, 11) is 6.00. The van der Waals surface area contributed by atoms with Crippen LogP contribution in [-0.4, -0.2) is 26.0 Å². The number of hydrogen-bond donors (Lipinski definition) is 0. The third kappa shape index (κ3) is 400. The smallest absolute Gasteiger partial charge is 0 e. The monoisotopic (exact) mass is 212 g/mol. The first kappa shape index (κ1) is 50.1. The Morgan fingerprint density at radius 1 is 0.667 bits per heavy atom. The standard InChI is InChI=1S/C3H9N.4CH4.Y/c1-4(2)3;;;;;/h1-3H3;4*1H4;.